The van der Waals surface area contributed by atoms with Gasteiger partial charge in [0.15, 0.2) is 23.9 Å². The Bertz CT molecular complexity index is 1250. The van der Waals surface area contributed by atoms with Crippen molar-refractivity contribution in [1.82, 2.24) is 9.55 Å². The van der Waals surface area contributed by atoms with Crippen LogP contribution in [0.3, 0.4) is 0 Å². The van der Waals surface area contributed by atoms with Gasteiger partial charge in [0, 0.05) is 11.8 Å². The topological polar surface area (TPSA) is 127 Å². The highest BCUT2D eigenvalue weighted by atomic mass is 16.8. The molecule has 4 unspecified atom stereocenters. The molecule has 0 saturated carbocycles. The van der Waals surface area contributed by atoms with Crippen molar-refractivity contribution < 1.29 is 33.2 Å². The number of carbonyl (C=O) groups excluding carboxylic acids is 1. The highest BCUT2D eigenvalue weighted by Gasteiger charge is 2.60. The maximum Gasteiger partial charge on any atom is 0.338 e. The van der Waals surface area contributed by atoms with Gasteiger partial charge < -0.3 is 28.4 Å². The molecule has 11 nitrogen and oxygen atoms in total. The second kappa shape index (κ2) is 8.93. The first kappa shape index (κ1) is 24.8. The molecule has 3 saturated heterocycles. The molecular formula is C25H30N2O9. The van der Waals surface area contributed by atoms with Gasteiger partial charge in [-0.25, -0.2) is 9.59 Å². The molecule has 3 fully saturated rings. The number of carbonyl (C=O) groups is 1. The minimum atomic E-state index is -1.17. The number of aryl methyl sites for hydroxylation is 1. The van der Waals surface area contributed by atoms with Crippen LogP contribution < -0.4 is 11.2 Å². The van der Waals surface area contributed by atoms with E-state index in [1.165, 1.54) is 10.8 Å². The van der Waals surface area contributed by atoms with Crippen molar-refractivity contribution in [3.05, 3.63) is 68.5 Å². The molecule has 0 radical (unpaired) electrons. The standard InChI is InChI=1S/C25H30N2O9/c1-13-11-27(23(30)26-20(13)28)21-19(33-22(29)14-9-7-6-8-10-14)18-17(35-25(4,5)36-18)16-15(32-21)12-31-24(2,3)34-16/h6-11,15-19,21H,12H2,1-5H3,(H,26,28,30)/t15?,16-,17?,18?,19?,21-/m1/s1. The van der Waals surface area contributed by atoms with Crippen molar-refractivity contribution in [3.8, 4) is 0 Å². The van der Waals surface area contributed by atoms with Crippen LogP contribution in [0.25, 0.3) is 0 Å². The minimum Gasteiger partial charge on any atom is -0.451 e. The van der Waals surface area contributed by atoms with Gasteiger partial charge in [0.05, 0.1) is 12.2 Å². The van der Waals surface area contributed by atoms with Gasteiger partial charge in [0.1, 0.15) is 24.4 Å². The number of hydrogen-bond donors (Lipinski definition) is 1. The van der Waals surface area contributed by atoms with Gasteiger partial charge in [-0.15, -0.1) is 0 Å². The molecule has 1 N–H and O–H groups in total. The number of aromatic nitrogens is 2. The van der Waals surface area contributed by atoms with Crippen LogP contribution in [0.4, 0.5) is 0 Å². The summed E-state index contributed by atoms with van der Waals surface area (Å²) in [5.41, 5.74) is -0.642. The smallest absolute Gasteiger partial charge is 0.338 e. The van der Waals surface area contributed by atoms with Crippen molar-refractivity contribution in [2.45, 2.75) is 82.9 Å². The zero-order valence-corrected chi connectivity index (χ0v) is 20.8. The van der Waals surface area contributed by atoms with Gasteiger partial charge in [-0.05, 0) is 46.8 Å². The van der Waals surface area contributed by atoms with Crippen LogP contribution in [0.1, 0.15) is 49.8 Å². The molecule has 0 bridgehead atoms. The van der Waals surface area contributed by atoms with E-state index in [4.69, 9.17) is 28.4 Å². The molecule has 2 aromatic rings. The van der Waals surface area contributed by atoms with E-state index in [-0.39, 0.29) is 12.2 Å². The van der Waals surface area contributed by atoms with Crippen LogP contribution in [-0.4, -0.2) is 64.2 Å². The van der Waals surface area contributed by atoms with Gasteiger partial charge in [-0.3, -0.25) is 14.3 Å². The Labute approximate surface area is 207 Å². The number of nitrogens with one attached hydrogen (secondary N) is 1. The molecule has 3 aliphatic heterocycles. The summed E-state index contributed by atoms with van der Waals surface area (Å²) in [6.45, 7) is 8.77. The second-order valence-corrected chi connectivity index (χ2v) is 10.1. The number of esters is 1. The summed E-state index contributed by atoms with van der Waals surface area (Å²) in [5, 5.41) is 0. The molecule has 5 rings (SSSR count). The molecular weight excluding hydrogens is 472 g/mol. The van der Waals surface area contributed by atoms with E-state index < -0.39 is 65.5 Å². The summed E-state index contributed by atoms with van der Waals surface area (Å²) in [7, 11) is 0. The Balaban J connectivity index is 1.63. The Hall–Kier alpha value is -2.83. The van der Waals surface area contributed by atoms with Crippen molar-refractivity contribution in [1.29, 1.82) is 0 Å². The molecule has 194 valence electrons. The highest BCUT2D eigenvalue weighted by Crippen LogP contribution is 2.44. The number of benzene rings is 1. The lowest BCUT2D eigenvalue weighted by Crippen LogP contribution is -2.55. The predicted octanol–water partition coefficient (Wildman–Crippen LogP) is 1.64. The zero-order valence-electron chi connectivity index (χ0n) is 20.8. The summed E-state index contributed by atoms with van der Waals surface area (Å²) < 4.78 is 38.1. The minimum absolute atomic E-state index is 0.137. The van der Waals surface area contributed by atoms with Crippen LogP contribution in [0.5, 0.6) is 0 Å². The van der Waals surface area contributed by atoms with Crippen molar-refractivity contribution in [2.75, 3.05) is 6.61 Å². The van der Waals surface area contributed by atoms with Crippen LogP contribution in [0.15, 0.2) is 46.1 Å². The van der Waals surface area contributed by atoms with Gasteiger partial charge in [-0.2, -0.15) is 0 Å². The lowest BCUT2D eigenvalue weighted by molar-refractivity contribution is -0.332. The average Bonchev–Trinajstić information content (AvgIpc) is 3.09. The molecule has 0 aliphatic carbocycles. The number of rotatable bonds is 3. The van der Waals surface area contributed by atoms with E-state index in [9.17, 15) is 14.4 Å². The summed E-state index contributed by atoms with van der Waals surface area (Å²) >= 11 is 0. The fourth-order valence-electron chi connectivity index (χ4n) is 4.84. The zero-order chi connectivity index (χ0) is 25.8. The molecule has 3 aliphatic rings. The third kappa shape index (κ3) is 4.64. The molecule has 0 spiro atoms. The van der Waals surface area contributed by atoms with Crippen LogP contribution in [0.2, 0.25) is 0 Å². The van der Waals surface area contributed by atoms with Gasteiger partial charge in [-0.1, -0.05) is 18.2 Å². The Morgan fingerprint density at radius 2 is 1.67 bits per heavy atom. The highest BCUT2D eigenvalue weighted by molar-refractivity contribution is 5.89. The Kier molecular flexibility index (Phi) is 6.16. The largest absolute Gasteiger partial charge is 0.451 e. The summed E-state index contributed by atoms with van der Waals surface area (Å²) in [6.07, 6.45) is -3.83. The van der Waals surface area contributed by atoms with E-state index >= 15 is 0 Å². The number of H-pyrrole nitrogens is 1. The van der Waals surface area contributed by atoms with E-state index in [0.717, 1.165) is 0 Å². The van der Waals surface area contributed by atoms with E-state index in [2.05, 4.69) is 4.98 Å². The lowest BCUT2D eigenvalue weighted by Gasteiger charge is -2.42. The second-order valence-electron chi connectivity index (χ2n) is 10.1. The maximum atomic E-state index is 13.2. The molecule has 36 heavy (non-hydrogen) atoms. The average molecular weight is 503 g/mol. The van der Waals surface area contributed by atoms with Gasteiger partial charge >= 0.3 is 11.7 Å². The van der Waals surface area contributed by atoms with Crippen LogP contribution in [0, 0.1) is 6.92 Å². The van der Waals surface area contributed by atoms with Crippen molar-refractivity contribution in [2.24, 2.45) is 0 Å². The predicted molar refractivity (Wildman–Crippen MR) is 124 cm³/mol. The number of nitrogens with zero attached hydrogens (tertiary/aromatic N) is 1. The van der Waals surface area contributed by atoms with Crippen LogP contribution >= 0.6 is 0 Å². The first-order valence-corrected chi connectivity index (χ1v) is 11.9. The molecule has 0 amide bonds. The fraction of sp³-hybridized carbons (Fsp3) is 0.560. The molecule has 6 atom stereocenters. The molecule has 4 heterocycles. The fourth-order valence-corrected chi connectivity index (χ4v) is 4.84. The maximum absolute atomic E-state index is 13.2. The number of fused-ring (bicyclic) bond motifs is 3. The number of hydrogen-bond acceptors (Lipinski definition) is 9. The summed E-state index contributed by atoms with van der Waals surface area (Å²) in [4.78, 5) is 40.5. The summed E-state index contributed by atoms with van der Waals surface area (Å²) in [5.74, 6) is -2.58. The van der Waals surface area contributed by atoms with Gasteiger partial charge in [0.2, 0.25) is 0 Å². The van der Waals surface area contributed by atoms with E-state index in [1.807, 2.05) is 0 Å². The third-order valence-corrected chi connectivity index (χ3v) is 6.46. The van der Waals surface area contributed by atoms with Gasteiger partial charge in [0.25, 0.3) is 5.56 Å². The SMILES string of the molecule is Cc1cn([C@@H]2OC3COC(C)(C)O[C@H]3C3OC(C)(C)OC3C2OC(=O)c2ccccc2)c(=O)[nH]c1=O. The molecule has 1 aromatic heterocycles. The molecule has 1 aromatic carbocycles. The van der Waals surface area contributed by atoms with E-state index in [1.54, 1.807) is 65.0 Å². The third-order valence-electron chi connectivity index (χ3n) is 6.46. The quantitative estimate of drug-likeness (QED) is 0.623. The van der Waals surface area contributed by atoms with Crippen LogP contribution in [-0.2, 0) is 28.4 Å². The summed E-state index contributed by atoms with van der Waals surface area (Å²) in [6, 6.07) is 8.47. The Morgan fingerprint density at radius 1 is 1.00 bits per heavy atom. The first-order chi connectivity index (χ1) is 16.9. The van der Waals surface area contributed by atoms with Crippen molar-refractivity contribution >= 4 is 5.97 Å². The lowest BCUT2D eigenvalue weighted by atomic mass is 9.99. The first-order valence-electron chi connectivity index (χ1n) is 11.9. The van der Waals surface area contributed by atoms with E-state index in [0.29, 0.717) is 5.56 Å². The Morgan fingerprint density at radius 3 is 2.39 bits per heavy atom. The van der Waals surface area contributed by atoms with Crippen molar-refractivity contribution in [3.63, 3.8) is 0 Å². The normalized spacial score (nSPS) is 32.7. The molecule has 11 heteroatoms. The number of ether oxygens (including phenoxy) is 6. The number of aromatic amines is 1. The monoisotopic (exact) mass is 502 g/mol.